The second-order valence-corrected chi connectivity index (χ2v) is 10.8. The molecular formula is C24H23ClN4O2S2. The first kappa shape index (κ1) is 22.5. The number of fused-ring (bicyclic) bond motifs is 1. The number of hydrogen-bond acceptors (Lipinski definition) is 6. The normalized spacial score (nSPS) is 20.3. The molecule has 1 N–H and O–H groups in total. The van der Waals surface area contributed by atoms with Crippen LogP contribution in [0.1, 0.15) is 50.7 Å². The Morgan fingerprint density at radius 1 is 1.18 bits per heavy atom. The lowest BCUT2D eigenvalue weighted by Gasteiger charge is -2.20. The second-order valence-electron chi connectivity index (χ2n) is 8.27. The van der Waals surface area contributed by atoms with Gasteiger partial charge in [-0.05, 0) is 73.0 Å². The van der Waals surface area contributed by atoms with E-state index < -0.39 is 5.91 Å². The van der Waals surface area contributed by atoms with E-state index in [0.29, 0.717) is 21.0 Å². The molecule has 1 saturated carbocycles. The number of amidine groups is 2. The molecule has 3 heterocycles. The maximum Gasteiger partial charge on any atom is 0.283 e. The minimum absolute atomic E-state index is 0.0356. The summed E-state index contributed by atoms with van der Waals surface area (Å²) in [6.07, 6.45) is 10.1. The van der Waals surface area contributed by atoms with Crippen LogP contribution in [-0.2, 0) is 4.79 Å². The number of hydrogen-bond donors (Lipinski definition) is 1. The minimum atomic E-state index is -0.439. The number of hydrazone groups is 1. The summed E-state index contributed by atoms with van der Waals surface area (Å²) in [5, 5.41) is 17.4. The molecule has 2 aromatic rings. The average molecular weight is 499 g/mol. The molecule has 0 saturated heterocycles. The summed E-state index contributed by atoms with van der Waals surface area (Å²) in [5.74, 6) is 0.850. The predicted octanol–water partition coefficient (Wildman–Crippen LogP) is 7.06. The van der Waals surface area contributed by atoms with Crippen LogP contribution in [0, 0.1) is 11.3 Å². The van der Waals surface area contributed by atoms with Gasteiger partial charge in [-0.25, -0.2) is 0 Å². The third kappa shape index (κ3) is 5.28. The van der Waals surface area contributed by atoms with Crippen molar-refractivity contribution >= 4 is 63.2 Å². The van der Waals surface area contributed by atoms with Gasteiger partial charge < -0.3 is 4.42 Å². The molecule has 0 spiro atoms. The van der Waals surface area contributed by atoms with E-state index >= 15 is 0 Å². The molecule has 0 unspecified atom stereocenters. The fourth-order valence-corrected chi connectivity index (χ4v) is 5.97. The quantitative estimate of drug-likeness (QED) is 0.431. The summed E-state index contributed by atoms with van der Waals surface area (Å²) >= 11 is 8.80. The minimum Gasteiger partial charge on any atom is -0.450 e. The molecular weight excluding hydrogens is 476 g/mol. The molecule has 0 radical (unpaired) electrons. The average Bonchev–Trinajstić information content (AvgIpc) is 3.44. The van der Waals surface area contributed by atoms with Gasteiger partial charge in [0.05, 0.1) is 5.57 Å². The standard InChI is InChI=1S/C24H23ClN4O2S2/c25-16-7-10-18(11-8-16)32-21-13-9-17(31-21)14-19-22(26)29-24(27-23(19)30)33-20(28-29)12-6-15-4-2-1-3-5-15/h7-11,13-15,26H,1-6,12H2. The van der Waals surface area contributed by atoms with Crippen LogP contribution in [0.3, 0.4) is 0 Å². The molecule has 0 bridgehead atoms. The Hall–Kier alpha value is -2.29. The number of amides is 1. The van der Waals surface area contributed by atoms with Gasteiger partial charge in [0.15, 0.2) is 10.9 Å². The van der Waals surface area contributed by atoms with Crippen LogP contribution in [0.25, 0.3) is 6.08 Å². The van der Waals surface area contributed by atoms with E-state index in [2.05, 4.69) is 10.1 Å². The number of nitrogens with zero attached hydrogens (tertiary/aromatic N) is 3. The highest BCUT2D eigenvalue weighted by Crippen LogP contribution is 2.34. The van der Waals surface area contributed by atoms with Crippen LogP contribution in [-0.4, -0.2) is 27.0 Å². The van der Waals surface area contributed by atoms with Gasteiger partial charge in [0.2, 0.25) is 5.17 Å². The molecule has 0 atom stereocenters. The maximum absolute atomic E-state index is 12.6. The van der Waals surface area contributed by atoms with Gasteiger partial charge in [0.1, 0.15) is 10.8 Å². The van der Waals surface area contributed by atoms with E-state index in [1.54, 1.807) is 12.1 Å². The lowest BCUT2D eigenvalue weighted by atomic mass is 9.86. The lowest BCUT2D eigenvalue weighted by Crippen LogP contribution is -2.35. The number of carbonyl (C=O) groups excluding carboxylic acids is 1. The molecule has 9 heteroatoms. The fourth-order valence-electron chi connectivity index (χ4n) is 4.16. The van der Waals surface area contributed by atoms with Crippen molar-refractivity contribution in [2.24, 2.45) is 16.0 Å². The first-order chi connectivity index (χ1) is 16.0. The van der Waals surface area contributed by atoms with Gasteiger partial charge in [-0.2, -0.15) is 15.1 Å². The van der Waals surface area contributed by atoms with Crippen molar-refractivity contribution in [3.05, 3.63) is 52.8 Å². The predicted molar refractivity (Wildman–Crippen MR) is 135 cm³/mol. The zero-order valence-corrected chi connectivity index (χ0v) is 20.3. The zero-order chi connectivity index (χ0) is 22.8. The van der Waals surface area contributed by atoms with Gasteiger partial charge in [-0.1, -0.05) is 55.5 Å². The number of furan rings is 1. The number of rotatable bonds is 6. The maximum atomic E-state index is 12.6. The molecule has 1 aliphatic carbocycles. The van der Waals surface area contributed by atoms with E-state index in [1.807, 2.05) is 30.3 Å². The van der Waals surface area contributed by atoms with Crippen LogP contribution in [0.5, 0.6) is 0 Å². The molecule has 33 heavy (non-hydrogen) atoms. The Morgan fingerprint density at radius 3 is 2.76 bits per heavy atom. The van der Waals surface area contributed by atoms with Crippen molar-refractivity contribution in [1.29, 1.82) is 5.41 Å². The monoisotopic (exact) mass is 498 g/mol. The van der Waals surface area contributed by atoms with E-state index in [0.717, 1.165) is 28.7 Å². The highest BCUT2D eigenvalue weighted by atomic mass is 35.5. The van der Waals surface area contributed by atoms with Crippen molar-refractivity contribution < 1.29 is 9.21 Å². The van der Waals surface area contributed by atoms with E-state index in [1.165, 1.54) is 60.6 Å². The first-order valence-corrected chi connectivity index (χ1v) is 13.1. The first-order valence-electron chi connectivity index (χ1n) is 11.1. The molecule has 3 aliphatic rings. The summed E-state index contributed by atoms with van der Waals surface area (Å²) in [4.78, 5) is 17.8. The smallest absolute Gasteiger partial charge is 0.283 e. The summed E-state index contributed by atoms with van der Waals surface area (Å²) in [6.45, 7) is 0. The third-order valence-electron chi connectivity index (χ3n) is 5.91. The Kier molecular flexibility index (Phi) is 6.76. The van der Waals surface area contributed by atoms with Gasteiger partial charge in [-0.15, -0.1) is 0 Å². The van der Waals surface area contributed by atoms with Gasteiger partial charge in [0, 0.05) is 9.92 Å². The third-order valence-corrected chi connectivity index (χ3v) is 8.06. The van der Waals surface area contributed by atoms with Gasteiger partial charge >= 0.3 is 0 Å². The second kappa shape index (κ2) is 9.91. The number of halogens is 1. The summed E-state index contributed by atoms with van der Waals surface area (Å²) in [5.41, 5.74) is 0.175. The van der Waals surface area contributed by atoms with Crippen molar-refractivity contribution in [2.75, 3.05) is 0 Å². The molecule has 1 amide bonds. The van der Waals surface area contributed by atoms with Crippen LogP contribution >= 0.6 is 35.1 Å². The molecule has 1 aromatic carbocycles. The highest BCUT2D eigenvalue weighted by Gasteiger charge is 2.35. The summed E-state index contributed by atoms with van der Waals surface area (Å²) < 4.78 is 5.85. The van der Waals surface area contributed by atoms with Crippen molar-refractivity contribution in [3.63, 3.8) is 0 Å². The molecule has 6 nitrogen and oxygen atoms in total. The van der Waals surface area contributed by atoms with E-state index in [4.69, 9.17) is 21.4 Å². The van der Waals surface area contributed by atoms with Gasteiger partial charge in [0.25, 0.3) is 5.91 Å². The van der Waals surface area contributed by atoms with Crippen molar-refractivity contribution in [3.8, 4) is 0 Å². The number of nitrogens with one attached hydrogen (secondary N) is 1. The van der Waals surface area contributed by atoms with Crippen molar-refractivity contribution in [2.45, 2.75) is 54.9 Å². The lowest BCUT2D eigenvalue weighted by molar-refractivity contribution is -0.114. The molecule has 2 aliphatic heterocycles. The largest absolute Gasteiger partial charge is 0.450 e. The summed E-state index contributed by atoms with van der Waals surface area (Å²) in [7, 11) is 0. The fraction of sp³-hybridized carbons (Fsp3) is 0.333. The van der Waals surface area contributed by atoms with E-state index in [9.17, 15) is 4.79 Å². The number of aliphatic imine (C=N–C) groups is 1. The Labute approximate surface area is 206 Å². The Balaban J connectivity index is 1.27. The molecule has 1 fully saturated rings. The van der Waals surface area contributed by atoms with Crippen LogP contribution < -0.4 is 0 Å². The number of thioether (sulfide) groups is 1. The Morgan fingerprint density at radius 2 is 1.97 bits per heavy atom. The number of carbonyl (C=O) groups is 1. The van der Waals surface area contributed by atoms with Crippen LogP contribution in [0.4, 0.5) is 0 Å². The number of benzene rings is 1. The van der Waals surface area contributed by atoms with Gasteiger partial charge in [-0.3, -0.25) is 10.2 Å². The zero-order valence-electron chi connectivity index (χ0n) is 17.9. The topological polar surface area (TPSA) is 82.0 Å². The highest BCUT2D eigenvalue weighted by molar-refractivity contribution is 8.26. The Bertz CT molecular complexity index is 1160. The molecule has 1 aromatic heterocycles. The van der Waals surface area contributed by atoms with E-state index in [-0.39, 0.29) is 11.4 Å². The van der Waals surface area contributed by atoms with Crippen LogP contribution in [0.15, 0.2) is 66.5 Å². The molecule has 170 valence electrons. The van der Waals surface area contributed by atoms with Crippen molar-refractivity contribution in [1.82, 2.24) is 5.01 Å². The summed E-state index contributed by atoms with van der Waals surface area (Å²) in [6, 6.07) is 11.1. The van der Waals surface area contributed by atoms with Crippen LogP contribution in [0.2, 0.25) is 5.02 Å². The molecule has 5 rings (SSSR count). The SMILES string of the molecule is N=C1C(=Cc2ccc(Sc3ccc(Cl)cc3)o2)C(=O)N=C2SC(CCC3CCCCC3)=NN12.